The van der Waals surface area contributed by atoms with Crippen molar-refractivity contribution >= 4 is 0 Å². The van der Waals surface area contributed by atoms with Gasteiger partial charge in [0.1, 0.15) is 0 Å². The lowest BCUT2D eigenvalue weighted by molar-refractivity contribution is 0.864. The zero-order valence-electron chi connectivity index (χ0n) is 6.76. The van der Waals surface area contributed by atoms with Crippen LogP contribution in [0.2, 0.25) is 0 Å². The van der Waals surface area contributed by atoms with Gasteiger partial charge in [-0.3, -0.25) is 0 Å². The maximum absolute atomic E-state index is 8.56. The smallest absolute Gasteiger partial charge is 0.0998 e. The molecule has 0 aliphatic carbocycles. The third-order valence-corrected chi connectivity index (χ3v) is 1.56. The fourth-order valence-corrected chi connectivity index (χ4v) is 0.889. The van der Waals surface area contributed by atoms with Crippen LogP contribution in [-0.2, 0) is 0 Å². The molecule has 0 amide bonds. The van der Waals surface area contributed by atoms with E-state index < -0.39 is 0 Å². The SMILES string of the molecule is CC(C)c1[c]c(C#N)ccc1. The minimum absolute atomic E-state index is 0.447. The first-order valence-electron chi connectivity index (χ1n) is 3.66. The van der Waals surface area contributed by atoms with Crippen LogP contribution in [0.25, 0.3) is 0 Å². The second-order valence-electron chi connectivity index (χ2n) is 2.79. The molecular formula is C10H10N. The molecule has 1 radical (unpaired) electrons. The standard InChI is InChI=1S/C10H10N/c1-8(2)10-5-3-4-9(6-10)7-11/h3-5,8H,1-2H3. The monoisotopic (exact) mass is 144 g/mol. The van der Waals surface area contributed by atoms with Crippen molar-refractivity contribution in [1.82, 2.24) is 0 Å². The molecule has 0 aliphatic rings. The molecule has 1 heteroatoms. The zero-order valence-corrected chi connectivity index (χ0v) is 6.76. The lowest BCUT2D eigenvalue weighted by Gasteiger charge is -2.02. The van der Waals surface area contributed by atoms with E-state index in [1.807, 2.05) is 12.1 Å². The van der Waals surface area contributed by atoms with Crippen LogP contribution in [0.1, 0.15) is 30.9 Å². The van der Waals surface area contributed by atoms with Gasteiger partial charge in [0.2, 0.25) is 0 Å². The van der Waals surface area contributed by atoms with Gasteiger partial charge in [-0.1, -0.05) is 26.0 Å². The maximum Gasteiger partial charge on any atom is 0.0998 e. The third kappa shape index (κ3) is 1.81. The Balaban J connectivity index is 3.03. The highest BCUT2D eigenvalue weighted by Gasteiger charge is 1.98. The van der Waals surface area contributed by atoms with Gasteiger partial charge >= 0.3 is 0 Å². The molecule has 0 spiro atoms. The summed E-state index contributed by atoms with van der Waals surface area (Å²) in [5.41, 5.74) is 1.72. The lowest BCUT2D eigenvalue weighted by atomic mass is 10.0. The Morgan fingerprint density at radius 1 is 1.45 bits per heavy atom. The Morgan fingerprint density at radius 3 is 2.73 bits per heavy atom. The van der Waals surface area contributed by atoms with Crippen LogP contribution in [0.3, 0.4) is 0 Å². The number of hydrogen-bond acceptors (Lipinski definition) is 1. The Hall–Kier alpha value is -1.29. The molecule has 1 aromatic rings. The molecule has 0 bridgehead atoms. The van der Waals surface area contributed by atoms with E-state index in [0.29, 0.717) is 11.5 Å². The van der Waals surface area contributed by atoms with E-state index in [1.54, 1.807) is 6.07 Å². The van der Waals surface area contributed by atoms with Crippen molar-refractivity contribution in [2.45, 2.75) is 19.8 Å². The molecule has 0 saturated carbocycles. The number of rotatable bonds is 1. The Labute approximate surface area is 67.3 Å². The van der Waals surface area contributed by atoms with Gasteiger partial charge in [-0.15, -0.1) is 0 Å². The fourth-order valence-electron chi connectivity index (χ4n) is 0.889. The van der Waals surface area contributed by atoms with E-state index in [1.165, 1.54) is 0 Å². The van der Waals surface area contributed by atoms with Gasteiger partial charge in [0.05, 0.1) is 11.6 Å². The molecule has 1 aromatic carbocycles. The van der Waals surface area contributed by atoms with Crippen LogP contribution in [0.5, 0.6) is 0 Å². The van der Waals surface area contributed by atoms with E-state index in [9.17, 15) is 0 Å². The number of benzene rings is 1. The van der Waals surface area contributed by atoms with Gasteiger partial charge in [-0.25, -0.2) is 0 Å². The first-order chi connectivity index (χ1) is 5.24. The van der Waals surface area contributed by atoms with Gasteiger partial charge in [-0.05, 0) is 17.5 Å². The van der Waals surface area contributed by atoms with E-state index in [-0.39, 0.29) is 0 Å². The van der Waals surface area contributed by atoms with Crippen molar-refractivity contribution in [2.75, 3.05) is 0 Å². The highest BCUT2D eigenvalue weighted by Crippen LogP contribution is 2.13. The zero-order chi connectivity index (χ0) is 8.27. The second kappa shape index (κ2) is 3.21. The molecule has 11 heavy (non-hydrogen) atoms. The predicted molar refractivity (Wildman–Crippen MR) is 44.1 cm³/mol. The summed E-state index contributed by atoms with van der Waals surface area (Å²) in [6.07, 6.45) is 0. The Kier molecular flexibility index (Phi) is 2.28. The molecule has 0 atom stereocenters. The molecule has 0 N–H and O–H groups in total. The molecule has 0 saturated heterocycles. The van der Waals surface area contributed by atoms with Crippen LogP contribution in [0.4, 0.5) is 0 Å². The van der Waals surface area contributed by atoms with E-state index in [4.69, 9.17) is 5.26 Å². The Bertz CT molecular complexity index is 281. The summed E-state index contributed by atoms with van der Waals surface area (Å²) in [4.78, 5) is 0. The summed E-state index contributed by atoms with van der Waals surface area (Å²) in [6.45, 7) is 4.18. The number of nitriles is 1. The van der Waals surface area contributed by atoms with E-state index >= 15 is 0 Å². The average Bonchev–Trinajstić information content (AvgIpc) is 2.05. The van der Waals surface area contributed by atoms with E-state index in [2.05, 4.69) is 26.0 Å². The summed E-state index contributed by atoms with van der Waals surface area (Å²) >= 11 is 0. The second-order valence-corrected chi connectivity index (χ2v) is 2.79. The van der Waals surface area contributed by atoms with Gasteiger partial charge < -0.3 is 0 Å². The van der Waals surface area contributed by atoms with E-state index in [0.717, 1.165) is 5.56 Å². The number of hydrogen-bond donors (Lipinski definition) is 0. The minimum atomic E-state index is 0.447. The highest BCUT2D eigenvalue weighted by molar-refractivity contribution is 5.32. The van der Waals surface area contributed by atoms with Crippen molar-refractivity contribution in [3.05, 3.63) is 35.4 Å². The molecule has 0 aromatic heterocycles. The largest absolute Gasteiger partial charge is 0.192 e. The van der Waals surface area contributed by atoms with Gasteiger partial charge in [0.25, 0.3) is 0 Å². The molecule has 55 valence electrons. The fraction of sp³-hybridized carbons (Fsp3) is 0.300. The minimum Gasteiger partial charge on any atom is -0.192 e. The first-order valence-corrected chi connectivity index (χ1v) is 3.66. The average molecular weight is 144 g/mol. The van der Waals surface area contributed by atoms with Crippen molar-refractivity contribution in [1.29, 1.82) is 5.26 Å². The topological polar surface area (TPSA) is 23.8 Å². The predicted octanol–water partition coefficient (Wildman–Crippen LogP) is 2.48. The van der Waals surface area contributed by atoms with Crippen LogP contribution in [0, 0.1) is 17.4 Å². The van der Waals surface area contributed by atoms with Crippen molar-refractivity contribution < 1.29 is 0 Å². The van der Waals surface area contributed by atoms with Gasteiger partial charge in [-0.2, -0.15) is 5.26 Å². The third-order valence-electron chi connectivity index (χ3n) is 1.56. The highest BCUT2D eigenvalue weighted by atomic mass is 14.2. The summed E-state index contributed by atoms with van der Waals surface area (Å²) in [7, 11) is 0. The Morgan fingerprint density at radius 2 is 2.18 bits per heavy atom. The molecule has 0 unspecified atom stereocenters. The molecule has 0 fully saturated rings. The van der Waals surface area contributed by atoms with Crippen LogP contribution in [-0.4, -0.2) is 0 Å². The van der Waals surface area contributed by atoms with Crippen LogP contribution in [0.15, 0.2) is 18.2 Å². The maximum atomic E-state index is 8.56. The lowest BCUT2D eigenvalue weighted by Crippen LogP contribution is -1.87. The molecular weight excluding hydrogens is 134 g/mol. The van der Waals surface area contributed by atoms with Crippen molar-refractivity contribution in [3.63, 3.8) is 0 Å². The number of nitrogens with zero attached hydrogens (tertiary/aromatic N) is 1. The molecule has 1 rings (SSSR count). The van der Waals surface area contributed by atoms with Gasteiger partial charge in [0.15, 0.2) is 0 Å². The summed E-state index contributed by atoms with van der Waals surface area (Å²) in [5, 5.41) is 8.56. The normalized spacial score (nSPS) is 9.64. The summed E-state index contributed by atoms with van der Waals surface area (Å²) < 4.78 is 0. The first kappa shape index (κ1) is 7.81. The quantitative estimate of drug-likeness (QED) is 0.594. The molecule has 0 heterocycles. The molecule has 1 nitrogen and oxygen atoms in total. The summed E-state index contributed by atoms with van der Waals surface area (Å²) in [5.74, 6) is 0.447. The molecule has 0 aliphatic heterocycles. The van der Waals surface area contributed by atoms with Crippen molar-refractivity contribution in [2.24, 2.45) is 0 Å². The van der Waals surface area contributed by atoms with Crippen LogP contribution < -0.4 is 0 Å². The van der Waals surface area contributed by atoms with Gasteiger partial charge in [0, 0.05) is 6.07 Å². The van der Waals surface area contributed by atoms with Crippen molar-refractivity contribution in [3.8, 4) is 6.07 Å². The summed E-state index contributed by atoms with van der Waals surface area (Å²) in [6, 6.07) is 10.8. The van der Waals surface area contributed by atoms with Crippen LogP contribution >= 0.6 is 0 Å².